The maximum atomic E-state index is 11.8. The largest absolute Gasteiger partial charge is 0.453 e. The molecule has 2 heterocycles. The predicted molar refractivity (Wildman–Crippen MR) is 65.5 cm³/mol. The zero-order valence-corrected chi connectivity index (χ0v) is 10.9. The Labute approximate surface area is 105 Å². The highest BCUT2D eigenvalue weighted by molar-refractivity contribution is 9.10. The van der Waals surface area contributed by atoms with Crippen LogP contribution in [-0.4, -0.2) is 16.3 Å². The smallest absolute Gasteiger partial charge is 0.283 e. The fourth-order valence-electron chi connectivity index (χ4n) is 1.97. The lowest BCUT2D eigenvalue weighted by Gasteiger charge is -2.09. The Kier molecular flexibility index (Phi) is 2.16. The molecule has 0 aliphatic carbocycles. The lowest BCUT2D eigenvalue weighted by Crippen LogP contribution is -2.19. The second kappa shape index (κ2) is 3.46. The summed E-state index contributed by atoms with van der Waals surface area (Å²) in [6, 6.07) is 1.78. The van der Waals surface area contributed by atoms with E-state index in [0.717, 1.165) is 16.6 Å². The van der Waals surface area contributed by atoms with Gasteiger partial charge in [-0.25, -0.2) is 4.98 Å². The van der Waals surface area contributed by atoms with Gasteiger partial charge in [-0.05, 0) is 22.9 Å². The van der Waals surface area contributed by atoms with Crippen LogP contribution in [0.4, 0.5) is 0 Å². The molecule has 0 spiro atoms. The average Bonchev–Trinajstić information content (AvgIpc) is 2.77. The van der Waals surface area contributed by atoms with Crippen LogP contribution in [0.1, 0.15) is 5.56 Å². The van der Waals surface area contributed by atoms with Crippen LogP contribution in [-0.2, 0) is 7.05 Å². The fraction of sp³-hybridized carbons (Fsp3) is 0.273. The van der Waals surface area contributed by atoms with Crippen LogP contribution in [0, 0.1) is 6.92 Å². The molecule has 0 saturated heterocycles. The standard InChI is InChI=1S/C11H9BrN2O3/c1-5-8-6(3-7-9(5)17-4-16-7)14(2)11(15)10(12)13-8/h3H,4H2,1-2H3. The number of fused-ring (bicyclic) bond motifs is 2. The molecule has 3 rings (SSSR count). The van der Waals surface area contributed by atoms with Crippen molar-refractivity contribution in [1.82, 2.24) is 9.55 Å². The maximum Gasteiger partial charge on any atom is 0.283 e. The first kappa shape index (κ1) is 10.6. The van der Waals surface area contributed by atoms with Crippen molar-refractivity contribution in [3.63, 3.8) is 0 Å². The Morgan fingerprint density at radius 3 is 3.00 bits per heavy atom. The molecule has 17 heavy (non-hydrogen) atoms. The van der Waals surface area contributed by atoms with Crippen LogP contribution < -0.4 is 15.0 Å². The zero-order valence-electron chi connectivity index (χ0n) is 9.28. The van der Waals surface area contributed by atoms with Gasteiger partial charge in [0.25, 0.3) is 5.56 Å². The molecule has 1 aliphatic heterocycles. The van der Waals surface area contributed by atoms with Crippen LogP contribution >= 0.6 is 15.9 Å². The summed E-state index contributed by atoms with van der Waals surface area (Å²) in [5.74, 6) is 1.37. The van der Waals surface area contributed by atoms with Crippen LogP contribution in [0.15, 0.2) is 15.5 Å². The third-order valence-corrected chi connectivity index (χ3v) is 3.42. The minimum absolute atomic E-state index is 0.171. The van der Waals surface area contributed by atoms with Crippen molar-refractivity contribution in [3.8, 4) is 11.5 Å². The van der Waals surface area contributed by atoms with E-state index in [1.165, 1.54) is 0 Å². The summed E-state index contributed by atoms with van der Waals surface area (Å²) < 4.78 is 12.6. The highest BCUT2D eigenvalue weighted by Crippen LogP contribution is 2.39. The van der Waals surface area contributed by atoms with Crippen molar-refractivity contribution in [2.45, 2.75) is 6.92 Å². The molecule has 0 unspecified atom stereocenters. The van der Waals surface area contributed by atoms with Gasteiger partial charge in [-0.1, -0.05) is 0 Å². The van der Waals surface area contributed by atoms with Gasteiger partial charge in [0.2, 0.25) is 6.79 Å². The van der Waals surface area contributed by atoms with Crippen molar-refractivity contribution in [1.29, 1.82) is 0 Å². The van der Waals surface area contributed by atoms with E-state index in [-0.39, 0.29) is 12.4 Å². The minimum Gasteiger partial charge on any atom is -0.453 e. The summed E-state index contributed by atoms with van der Waals surface area (Å²) in [6.07, 6.45) is 0. The van der Waals surface area contributed by atoms with E-state index >= 15 is 0 Å². The molecule has 0 fully saturated rings. The highest BCUT2D eigenvalue weighted by atomic mass is 79.9. The lowest BCUT2D eigenvalue weighted by molar-refractivity contribution is 0.173. The molecule has 0 amide bonds. The molecule has 1 aromatic heterocycles. The summed E-state index contributed by atoms with van der Waals surface area (Å²) >= 11 is 3.17. The fourth-order valence-corrected chi connectivity index (χ4v) is 2.41. The van der Waals surface area contributed by atoms with Gasteiger partial charge in [0, 0.05) is 18.7 Å². The summed E-state index contributed by atoms with van der Waals surface area (Å²) in [6.45, 7) is 2.11. The monoisotopic (exact) mass is 296 g/mol. The van der Waals surface area contributed by atoms with Crippen molar-refractivity contribution in [2.75, 3.05) is 6.79 Å². The molecule has 0 radical (unpaired) electrons. The second-order valence-corrected chi connectivity index (χ2v) is 4.62. The topological polar surface area (TPSA) is 53.4 Å². The SMILES string of the molecule is Cc1c2c(cc3c1nc(Br)c(=O)n3C)OCO2. The Bertz CT molecular complexity index is 693. The zero-order chi connectivity index (χ0) is 12.2. The Balaban J connectivity index is 2.52. The number of nitrogens with zero attached hydrogens (tertiary/aromatic N) is 2. The Hall–Kier alpha value is -1.56. The first-order valence-electron chi connectivity index (χ1n) is 5.05. The van der Waals surface area contributed by atoms with Gasteiger partial charge in [-0.15, -0.1) is 0 Å². The maximum absolute atomic E-state index is 11.8. The number of rotatable bonds is 0. The third-order valence-electron chi connectivity index (χ3n) is 2.90. The van der Waals surface area contributed by atoms with E-state index in [0.29, 0.717) is 16.1 Å². The first-order chi connectivity index (χ1) is 8.09. The molecule has 1 aromatic carbocycles. The van der Waals surface area contributed by atoms with E-state index in [1.54, 1.807) is 17.7 Å². The van der Waals surface area contributed by atoms with Gasteiger partial charge < -0.3 is 14.0 Å². The summed E-state index contributed by atoms with van der Waals surface area (Å²) in [5, 5.41) is 0. The van der Waals surface area contributed by atoms with Gasteiger partial charge >= 0.3 is 0 Å². The van der Waals surface area contributed by atoms with E-state index < -0.39 is 0 Å². The third kappa shape index (κ3) is 1.37. The van der Waals surface area contributed by atoms with Gasteiger partial charge in [0.15, 0.2) is 16.1 Å². The van der Waals surface area contributed by atoms with E-state index in [9.17, 15) is 4.79 Å². The molecule has 0 bridgehead atoms. The molecule has 0 atom stereocenters. The molecule has 1 aliphatic rings. The lowest BCUT2D eigenvalue weighted by atomic mass is 10.1. The summed E-state index contributed by atoms with van der Waals surface area (Å²) in [4.78, 5) is 16.0. The molecule has 6 heteroatoms. The van der Waals surface area contributed by atoms with Crippen molar-refractivity contribution < 1.29 is 9.47 Å². The number of benzene rings is 1. The van der Waals surface area contributed by atoms with Crippen molar-refractivity contribution in [2.24, 2.45) is 7.05 Å². The number of hydrogen-bond acceptors (Lipinski definition) is 4. The number of ether oxygens (including phenoxy) is 2. The first-order valence-corrected chi connectivity index (χ1v) is 5.84. The van der Waals surface area contributed by atoms with Gasteiger partial charge in [0.05, 0.1) is 11.0 Å². The van der Waals surface area contributed by atoms with Crippen LogP contribution in [0.2, 0.25) is 0 Å². The van der Waals surface area contributed by atoms with Gasteiger partial charge in [-0.2, -0.15) is 0 Å². The quantitative estimate of drug-likeness (QED) is 0.743. The normalized spacial score (nSPS) is 13.4. The Morgan fingerprint density at radius 2 is 2.24 bits per heavy atom. The van der Waals surface area contributed by atoms with Crippen molar-refractivity contribution in [3.05, 3.63) is 26.6 Å². The Morgan fingerprint density at radius 1 is 1.47 bits per heavy atom. The summed E-state index contributed by atoms with van der Waals surface area (Å²) in [7, 11) is 1.71. The predicted octanol–water partition coefficient (Wildman–Crippen LogP) is 1.73. The molecular formula is C11H9BrN2O3. The minimum atomic E-state index is -0.171. The molecule has 0 N–H and O–H groups in total. The van der Waals surface area contributed by atoms with E-state index in [2.05, 4.69) is 20.9 Å². The second-order valence-electron chi connectivity index (χ2n) is 3.87. The van der Waals surface area contributed by atoms with Crippen LogP contribution in [0.5, 0.6) is 11.5 Å². The van der Waals surface area contributed by atoms with E-state index in [1.807, 2.05) is 6.92 Å². The van der Waals surface area contributed by atoms with Crippen LogP contribution in [0.3, 0.4) is 0 Å². The number of aromatic nitrogens is 2. The molecular weight excluding hydrogens is 288 g/mol. The van der Waals surface area contributed by atoms with Gasteiger partial charge in [-0.3, -0.25) is 4.79 Å². The average molecular weight is 297 g/mol. The molecule has 2 aromatic rings. The van der Waals surface area contributed by atoms with Crippen molar-refractivity contribution >= 4 is 27.0 Å². The molecule has 0 saturated carbocycles. The summed E-state index contributed by atoms with van der Waals surface area (Å²) in [5.41, 5.74) is 2.19. The molecule has 5 nitrogen and oxygen atoms in total. The number of halogens is 1. The number of aryl methyl sites for hydroxylation is 2. The van der Waals surface area contributed by atoms with Crippen LogP contribution in [0.25, 0.3) is 11.0 Å². The molecule has 88 valence electrons. The highest BCUT2D eigenvalue weighted by Gasteiger charge is 2.21. The van der Waals surface area contributed by atoms with Gasteiger partial charge in [0.1, 0.15) is 0 Å². The van der Waals surface area contributed by atoms with E-state index in [4.69, 9.17) is 9.47 Å². The number of hydrogen-bond donors (Lipinski definition) is 0.